The van der Waals surface area contributed by atoms with Gasteiger partial charge in [-0.05, 0) is 19.9 Å². The van der Waals surface area contributed by atoms with Crippen molar-refractivity contribution in [2.75, 3.05) is 18.5 Å². The molecule has 0 fully saturated rings. The van der Waals surface area contributed by atoms with Crippen LogP contribution in [0, 0.1) is 0 Å². The van der Waals surface area contributed by atoms with Crippen LogP contribution in [0.3, 0.4) is 0 Å². The van der Waals surface area contributed by atoms with Gasteiger partial charge in [0.25, 0.3) is 0 Å². The lowest BCUT2D eigenvalue weighted by Gasteiger charge is -2.10. The summed E-state index contributed by atoms with van der Waals surface area (Å²) in [6.45, 7) is 3.13. The number of rotatable bonds is 6. The molecule has 10 heteroatoms. The smallest absolute Gasteiger partial charge is 0.417 e. The number of nitrogens with one attached hydrogen (secondary N) is 1. The number of aromatic nitrogens is 1. The van der Waals surface area contributed by atoms with Crippen molar-refractivity contribution in [1.29, 1.82) is 0 Å². The fourth-order valence-corrected chi connectivity index (χ4v) is 1.68. The predicted molar refractivity (Wildman–Crippen MR) is 79.2 cm³/mol. The van der Waals surface area contributed by atoms with Crippen LogP contribution < -0.4 is 5.32 Å². The number of carbonyl (C=O) groups is 2. The summed E-state index contributed by atoms with van der Waals surface area (Å²) in [6.07, 6.45) is -3.11. The molecule has 1 rings (SSSR count). The van der Waals surface area contributed by atoms with Crippen molar-refractivity contribution in [1.82, 2.24) is 4.98 Å². The summed E-state index contributed by atoms with van der Waals surface area (Å²) in [5, 5.41) is 2.06. The molecule has 1 aromatic rings. The third-order valence-corrected chi connectivity index (χ3v) is 2.80. The first-order valence-electron chi connectivity index (χ1n) is 6.74. The minimum Gasteiger partial charge on any atom is -0.462 e. The second-order valence-corrected chi connectivity index (χ2v) is 4.60. The zero-order valence-electron chi connectivity index (χ0n) is 12.7. The minimum atomic E-state index is -4.59. The van der Waals surface area contributed by atoms with Crippen LogP contribution >= 0.6 is 11.6 Å². The monoisotopic (exact) mass is 366 g/mol. The number of pyridine rings is 1. The molecule has 132 valence electrons. The maximum atomic E-state index is 12.5. The lowest BCUT2D eigenvalue weighted by atomic mass is 10.2. The average molecular weight is 367 g/mol. The van der Waals surface area contributed by atoms with Gasteiger partial charge in [-0.3, -0.25) is 0 Å². The van der Waals surface area contributed by atoms with E-state index < -0.39 is 29.3 Å². The van der Waals surface area contributed by atoms with Crippen LogP contribution in [0.4, 0.5) is 19.0 Å². The van der Waals surface area contributed by atoms with Gasteiger partial charge in [-0.15, -0.1) is 0 Å². The predicted octanol–water partition coefficient (Wildman–Crippen LogP) is 3.18. The summed E-state index contributed by atoms with van der Waals surface area (Å²) >= 11 is 5.71. The van der Waals surface area contributed by atoms with E-state index in [0.717, 1.165) is 6.20 Å². The van der Waals surface area contributed by atoms with E-state index in [-0.39, 0.29) is 24.1 Å². The van der Waals surface area contributed by atoms with Gasteiger partial charge in [-0.1, -0.05) is 11.6 Å². The number of halogens is 4. The van der Waals surface area contributed by atoms with E-state index >= 15 is 0 Å². The molecule has 1 aromatic heterocycles. The zero-order valence-corrected chi connectivity index (χ0v) is 13.5. The van der Waals surface area contributed by atoms with Gasteiger partial charge < -0.3 is 14.8 Å². The average Bonchev–Trinajstić information content (AvgIpc) is 2.48. The standard InChI is InChI=1S/C14H14ClF3N2O4/c1-3-23-12(21)9(13(22)24-4-2)7-20-11-10(15)5-8(6-19-11)14(16,17)18/h5-7H,3-4H2,1-2H3,(H,19,20). The molecule has 24 heavy (non-hydrogen) atoms. The van der Waals surface area contributed by atoms with E-state index in [9.17, 15) is 22.8 Å². The SMILES string of the molecule is CCOC(=O)C(=CNc1ncc(C(F)(F)F)cc1Cl)C(=O)OCC. The molecular formula is C14H14ClF3N2O4. The molecule has 0 amide bonds. The molecular weight excluding hydrogens is 353 g/mol. The third-order valence-electron chi connectivity index (χ3n) is 2.51. The highest BCUT2D eigenvalue weighted by Gasteiger charge is 2.31. The maximum Gasteiger partial charge on any atom is 0.417 e. The Morgan fingerprint density at radius 1 is 1.25 bits per heavy atom. The molecule has 1 N–H and O–H groups in total. The topological polar surface area (TPSA) is 77.5 Å². The number of esters is 2. The van der Waals surface area contributed by atoms with E-state index in [4.69, 9.17) is 21.1 Å². The van der Waals surface area contributed by atoms with Crippen molar-refractivity contribution in [3.8, 4) is 0 Å². The van der Waals surface area contributed by atoms with Gasteiger partial charge in [0.1, 0.15) is 5.82 Å². The lowest BCUT2D eigenvalue weighted by molar-refractivity contribution is -0.146. The van der Waals surface area contributed by atoms with Crippen LogP contribution in [-0.2, 0) is 25.2 Å². The van der Waals surface area contributed by atoms with E-state index in [1.807, 2.05) is 0 Å². The normalized spacial score (nSPS) is 10.8. The first-order chi connectivity index (χ1) is 11.2. The number of ether oxygens (including phenoxy) is 2. The fraction of sp³-hybridized carbons (Fsp3) is 0.357. The quantitative estimate of drug-likeness (QED) is 0.360. The Morgan fingerprint density at radius 2 is 1.79 bits per heavy atom. The molecule has 0 radical (unpaired) electrons. The Hall–Kier alpha value is -2.29. The molecule has 0 aliphatic heterocycles. The second kappa shape index (κ2) is 8.53. The molecule has 0 atom stereocenters. The van der Waals surface area contributed by atoms with Crippen molar-refractivity contribution in [2.24, 2.45) is 0 Å². The van der Waals surface area contributed by atoms with Crippen LogP contribution in [0.1, 0.15) is 19.4 Å². The van der Waals surface area contributed by atoms with Gasteiger partial charge in [0.15, 0.2) is 5.57 Å². The molecule has 6 nitrogen and oxygen atoms in total. The van der Waals surface area contributed by atoms with Gasteiger partial charge in [-0.2, -0.15) is 13.2 Å². The highest BCUT2D eigenvalue weighted by Crippen LogP contribution is 2.32. The number of alkyl halides is 3. The second-order valence-electron chi connectivity index (χ2n) is 4.20. The maximum absolute atomic E-state index is 12.5. The number of nitrogens with zero attached hydrogens (tertiary/aromatic N) is 1. The highest BCUT2D eigenvalue weighted by atomic mass is 35.5. The zero-order chi connectivity index (χ0) is 18.3. The lowest BCUT2D eigenvalue weighted by Crippen LogP contribution is -2.19. The van der Waals surface area contributed by atoms with Crippen molar-refractivity contribution in [3.05, 3.63) is 34.6 Å². The van der Waals surface area contributed by atoms with Gasteiger partial charge in [0.05, 0.1) is 23.8 Å². The van der Waals surface area contributed by atoms with Crippen molar-refractivity contribution < 1.29 is 32.2 Å². The molecule has 0 aliphatic rings. The molecule has 0 aromatic carbocycles. The van der Waals surface area contributed by atoms with Gasteiger partial charge in [0, 0.05) is 12.4 Å². The van der Waals surface area contributed by atoms with E-state index in [0.29, 0.717) is 12.3 Å². The molecule has 0 spiro atoms. The van der Waals surface area contributed by atoms with E-state index in [1.165, 1.54) is 0 Å². The van der Waals surface area contributed by atoms with Gasteiger partial charge in [-0.25, -0.2) is 14.6 Å². The Kier molecular flexibility index (Phi) is 7.02. The van der Waals surface area contributed by atoms with Crippen LogP contribution in [0.5, 0.6) is 0 Å². The minimum absolute atomic E-state index is 0.0227. The Bertz CT molecular complexity index is 627. The summed E-state index contributed by atoms with van der Waals surface area (Å²) in [5.74, 6) is -2.08. The van der Waals surface area contributed by atoms with E-state index in [1.54, 1.807) is 13.8 Å². The molecule has 0 unspecified atom stereocenters. The van der Waals surface area contributed by atoms with Crippen molar-refractivity contribution in [2.45, 2.75) is 20.0 Å². The molecule has 0 saturated heterocycles. The highest BCUT2D eigenvalue weighted by molar-refractivity contribution is 6.33. The van der Waals surface area contributed by atoms with Crippen LogP contribution in [0.25, 0.3) is 0 Å². The van der Waals surface area contributed by atoms with Crippen molar-refractivity contribution in [3.63, 3.8) is 0 Å². The van der Waals surface area contributed by atoms with Crippen molar-refractivity contribution >= 4 is 29.4 Å². The molecule has 0 bridgehead atoms. The molecule has 1 heterocycles. The number of hydrogen-bond acceptors (Lipinski definition) is 6. The van der Waals surface area contributed by atoms with Gasteiger partial charge >= 0.3 is 18.1 Å². The summed E-state index contributed by atoms with van der Waals surface area (Å²) in [7, 11) is 0. The molecule has 0 saturated carbocycles. The van der Waals surface area contributed by atoms with Gasteiger partial charge in [0.2, 0.25) is 0 Å². The van der Waals surface area contributed by atoms with Crippen LogP contribution in [0.2, 0.25) is 5.02 Å². The Labute approximate surface area is 140 Å². The summed E-state index contributed by atoms with van der Waals surface area (Å²) in [5.41, 5.74) is -1.51. The van der Waals surface area contributed by atoms with E-state index in [2.05, 4.69) is 10.3 Å². The summed E-state index contributed by atoms with van der Waals surface area (Å²) in [4.78, 5) is 27.0. The van der Waals surface area contributed by atoms with Crippen LogP contribution in [-0.4, -0.2) is 30.1 Å². The number of carbonyl (C=O) groups excluding carboxylic acids is 2. The largest absolute Gasteiger partial charge is 0.462 e. The van der Waals surface area contributed by atoms with Crippen LogP contribution in [0.15, 0.2) is 24.0 Å². The first kappa shape index (κ1) is 19.8. The molecule has 0 aliphatic carbocycles. The Balaban J connectivity index is 3.04. The fourth-order valence-electron chi connectivity index (χ4n) is 1.46. The first-order valence-corrected chi connectivity index (χ1v) is 7.12. The third kappa shape index (κ3) is 5.41. The Morgan fingerprint density at radius 3 is 2.21 bits per heavy atom. The summed E-state index contributed by atoms with van der Waals surface area (Å²) < 4.78 is 47.0. The summed E-state index contributed by atoms with van der Waals surface area (Å²) in [6, 6.07) is 0.666. The number of hydrogen-bond donors (Lipinski definition) is 1. The number of anilines is 1.